The molecule has 1 aliphatic rings. The van der Waals surface area contributed by atoms with Gasteiger partial charge in [-0.05, 0) is 31.9 Å². The van der Waals surface area contributed by atoms with E-state index in [4.69, 9.17) is 0 Å². The molecule has 2 aromatic rings. The summed E-state index contributed by atoms with van der Waals surface area (Å²) in [6, 6.07) is 8.34. The molecule has 1 saturated heterocycles. The molecule has 1 aliphatic heterocycles. The SMILES string of the molecule is Cc1ccc(N2CCCC(Nc3nnc(C(F)(F)F)s3)C2)cc1. The van der Waals surface area contributed by atoms with Crippen LogP contribution in [0.4, 0.5) is 24.0 Å². The lowest BCUT2D eigenvalue weighted by Gasteiger charge is -2.34. The highest BCUT2D eigenvalue weighted by Crippen LogP contribution is 2.33. The first kappa shape index (κ1) is 16.0. The van der Waals surface area contributed by atoms with Gasteiger partial charge < -0.3 is 10.2 Å². The first-order chi connectivity index (χ1) is 10.9. The first-order valence-corrected chi connectivity index (χ1v) is 8.22. The summed E-state index contributed by atoms with van der Waals surface area (Å²) in [5.41, 5.74) is 2.34. The van der Waals surface area contributed by atoms with Gasteiger partial charge in [-0.1, -0.05) is 29.0 Å². The minimum Gasteiger partial charge on any atom is -0.369 e. The van der Waals surface area contributed by atoms with Gasteiger partial charge >= 0.3 is 6.18 Å². The average Bonchev–Trinajstić information content (AvgIpc) is 2.97. The molecule has 1 fully saturated rings. The van der Waals surface area contributed by atoms with Crippen molar-refractivity contribution in [1.82, 2.24) is 10.2 Å². The summed E-state index contributed by atoms with van der Waals surface area (Å²) in [7, 11) is 0. The number of benzene rings is 1. The molecule has 0 amide bonds. The van der Waals surface area contributed by atoms with Gasteiger partial charge in [0.05, 0.1) is 0 Å². The van der Waals surface area contributed by atoms with Crippen LogP contribution in [0.3, 0.4) is 0 Å². The number of nitrogens with one attached hydrogen (secondary N) is 1. The molecule has 0 spiro atoms. The molecule has 23 heavy (non-hydrogen) atoms. The summed E-state index contributed by atoms with van der Waals surface area (Å²) < 4.78 is 37.7. The molecule has 2 heterocycles. The molecule has 4 nitrogen and oxygen atoms in total. The Kier molecular flexibility index (Phi) is 4.43. The summed E-state index contributed by atoms with van der Waals surface area (Å²) in [4.78, 5) is 2.24. The number of hydrogen-bond donors (Lipinski definition) is 1. The van der Waals surface area contributed by atoms with Gasteiger partial charge in [-0.25, -0.2) is 0 Å². The highest BCUT2D eigenvalue weighted by molar-refractivity contribution is 7.15. The number of anilines is 2. The van der Waals surface area contributed by atoms with Gasteiger partial charge in [0.25, 0.3) is 0 Å². The number of aromatic nitrogens is 2. The van der Waals surface area contributed by atoms with Crippen LogP contribution in [0.5, 0.6) is 0 Å². The van der Waals surface area contributed by atoms with Crippen LogP contribution < -0.4 is 10.2 Å². The van der Waals surface area contributed by atoms with Crippen LogP contribution in [0.1, 0.15) is 23.4 Å². The zero-order chi connectivity index (χ0) is 16.4. The second kappa shape index (κ2) is 6.35. The van der Waals surface area contributed by atoms with Gasteiger partial charge in [0.2, 0.25) is 10.1 Å². The maximum Gasteiger partial charge on any atom is 0.445 e. The highest BCUT2D eigenvalue weighted by Gasteiger charge is 2.36. The van der Waals surface area contributed by atoms with Crippen molar-refractivity contribution in [2.45, 2.75) is 32.0 Å². The predicted molar refractivity (Wildman–Crippen MR) is 84.9 cm³/mol. The lowest BCUT2D eigenvalue weighted by molar-refractivity contribution is -0.138. The summed E-state index contributed by atoms with van der Waals surface area (Å²) in [5.74, 6) is 0. The third-order valence-electron chi connectivity index (χ3n) is 3.82. The van der Waals surface area contributed by atoms with Crippen LogP contribution in [0.2, 0.25) is 0 Å². The Morgan fingerprint density at radius 1 is 1.22 bits per heavy atom. The zero-order valence-electron chi connectivity index (χ0n) is 12.6. The summed E-state index contributed by atoms with van der Waals surface area (Å²) in [6.45, 7) is 3.73. The number of piperidine rings is 1. The molecule has 8 heteroatoms. The molecule has 0 bridgehead atoms. The largest absolute Gasteiger partial charge is 0.445 e. The molecule has 1 N–H and O–H groups in total. The summed E-state index contributed by atoms with van der Waals surface area (Å²) in [5, 5.41) is 9.22. The van der Waals surface area contributed by atoms with Crippen LogP contribution in [0, 0.1) is 6.92 Å². The van der Waals surface area contributed by atoms with Crippen molar-refractivity contribution >= 4 is 22.2 Å². The quantitative estimate of drug-likeness (QED) is 0.917. The number of rotatable bonds is 3. The highest BCUT2D eigenvalue weighted by atomic mass is 32.1. The van der Waals surface area contributed by atoms with Gasteiger partial charge in [-0.3, -0.25) is 0 Å². The first-order valence-electron chi connectivity index (χ1n) is 7.41. The van der Waals surface area contributed by atoms with E-state index < -0.39 is 11.2 Å². The van der Waals surface area contributed by atoms with Gasteiger partial charge in [0.1, 0.15) is 0 Å². The number of hydrogen-bond acceptors (Lipinski definition) is 5. The Bertz CT molecular complexity index is 653. The van der Waals surface area contributed by atoms with E-state index in [1.54, 1.807) is 0 Å². The maximum atomic E-state index is 12.6. The Hall–Kier alpha value is -1.83. The van der Waals surface area contributed by atoms with E-state index in [0.29, 0.717) is 11.3 Å². The van der Waals surface area contributed by atoms with Crippen molar-refractivity contribution in [3.05, 3.63) is 34.8 Å². The normalized spacial score (nSPS) is 19.0. The summed E-state index contributed by atoms with van der Waals surface area (Å²) in [6.07, 6.45) is -2.54. The molecule has 0 aliphatic carbocycles. The van der Waals surface area contributed by atoms with Crippen molar-refractivity contribution in [2.24, 2.45) is 0 Å². The van der Waals surface area contributed by atoms with E-state index in [1.807, 2.05) is 6.92 Å². The molecule has 1 aromatic heterocycles. The van der Waals surface area contributed by atoms with E-state index in [0.717, 1.165) is 31.6 Å². The fourth-order valence-corrected chi connectivity index (χ4v) is 3.34. The number of halogens is 3. The third kappa shape index (κ3) is 3.93. The Balaban J connectivity index is 1.64. The summed E-state index contributed by atoms with van der Waals surface area (Å²) >= 11 is 0.556. The van der Waals surface area contributed by atoms with Crippen molar-refractivity contribution in [1.29, 1.82) is 0 Å². The maximum absolute atomic E-state index is 12.6. The molecular weight excluding hydrogens is 325 g/mol. The number of aryl methyl sites for hydroxylation is 1. The topological polar surface area (TPSA) is 41.0 Å². The van der Waals surface area contributed by atoms with Crippen LogP contribution in [-0.4, -0.2) is 29.3 Å². The molecule has 3 rings (SSSR count). The molecule has 124 valence electrons. The molecule has 1 unspecified atom stereocenters. The van der Waals surface area contributed by atoms with E-state index in [9.17, 15) is 13.2 Å². The molecule has 1 aromatic carbocycles. The molecule has 1 atom stereocenters. The van der Waals surface area contributed by atoms with Gasteiger partial charge in [0.15, 0.2) is 0 Å². The minimum atomic E-state index is -4.43. The van der Waals surface area contributed by atoms with Crippen molar-refractivity contribution in [3.63, 3.8) is 0 Å². The number of nitrogens with zero attached hydrogens (tertiary/aromatic N) is 3. The third-order valence-corrected chi connectivity index (χ3v) is 4.71. The van der Waals surface area contributed by atoms with Crippen LogP contribution in [-0.2, 0) is 6.18 Å². The van der Waals surface area contributed by atoms with Crippen LogP contribution in [0.15, 0.2) is 24.3 Å². The van der Waals surface area contributed by atoms with Crippen LogP contribution >= 0.6 is 11.3 Å². The van der Waals surface area contributed by atoms with Gasteiger partial charge in [-0.15, -0.1) is 10.2 Å². The lowest BCUT2D eigenvalue weighted by Crippen LogP contribution is -2.42. The molecular formula is C15H17F3N4S. The predicted octanol–water partition coefficient (Wildman–Crippen LogP) is 3.95. The lowest BCUT2D eigenvalue weighted by atomic mass is 10.0. The second-order valence-corrected chi connectivity index (χ2v) is 6.65. The Morgan fingerprint density at radius 3 is 2.61 bits per heavy atom. The fourth-order valence-electron chi connectivity index (χ4n) is 2.66. The van der Waals surface area contributed by atoms with Crippen molar-refractivity contribution < 1.29 is 13.2 Å². The Labute approximate surface area is 136 Å². The van der Waals surface area contributed by atoms with E-state index in [-0.39, 0.29) is 11.2 Å². The number of alkyl halides is 3. The average molecular weight is 342 g/mol. The van der Waals surface area contributed by atoms with E-state index >= 15 is 0 Å². The van der Waals surface area contributed by atoms with Crippen molar-refractivity contribution in [3.8, 4) is 0 Å². The smallest absolute Gasteiger partial charge is 0.369 e. The molecule has 0 radical (unpaired) electrons. The van der Waals surface area contributed by atoms with Crippen molar-refractivity contribution in [2.75, 3.05) is 23.3 Å². The van der Waals surface area contributed by atoms with Crippen LogP contribution in [0.25, 0.3) is 0 Å². The second-order valence-electron chi connectivity index (χ2n) is 5.68. The van der Waals surface area contributed by atoms with Gasteiger partial charge in [0, 0.05) is 24.8 Å². The Morgan fingerprint density at radius 2 is 1.96 bits per heavy atom. The zero-order valence-corrected chi connectivity index (χ0v) is 13.4. The van der Waals surface area contributed by atoms with E-state index in [1.165, 1.54) is 5.56 Å². The fraction of sp³-hybridized carbons (Fsp3) is 0.467. The molecule has 0 saturated carbocycles. The van der Waals surface area contributed by atoms with E-state index in [2.05, 4.69) is 44.7 Å². The van der Waals surface area contributed by atoms with Gasteiger partial charge in [-0.2, -0.15) is 13.2 Å². The minimum absolute atomic E-state index is 0.0686. The monoisotopic (exact) mass is 342 g/mol. The standard InChI is InChI=1S/C15H17F3N4S/c1-10-4-6-12(7-5-10)22-8-2-3-11(9-22)19-14-21-20-13(23-14)15(16,17)18/h4-7,11H,2-3,8-9H2,1H3,(H,19,21).